The number of carbonyl (C=O) groups is 1. The number of terminal acetylenes is 1. The molecule has 0 saturated heterocycles. The Kier molecular flexibility index (Phi) is 7.24. The highest BCUT2D eigenvalue weighted by Crippen LogP contribution is 2.28. The molecule has 0 aliphatic carbocycles. The summed E-state index contributed by atoms with van der Waals surface area (Å²) in [5.74, 6) is 1.93. The quantitative estimate of drug-likeness (QED) is 0.535. The van der Waals surface area contributed by atoms with Gasteiger partial charge in [0.25, 0.3) is 5.91 Å². The first-order chi connectivity index (χ1) is 14.9. The van der Waals surface area contributed by atoms with Gasteiger partial charge in [-0.25, -0.2) is 8.42 Å². The number of benzene rings is 3. The molecular formula is C25H24N2O3S. The zero-order valence-corrected chi connectivity index (χ0v) is 18.0. The molecule has 1 atom stereocenters. The molecule has 3 aromatic carbocycles. The number of carbonyl (C=O) groups excluding carboxylic acids is 1. The van der Waals surface area contributed by atoms with Gasteiger partial charge in [0.05, 0.1) is 11.4 Å². The average molecular weight is 433 g/mol. The van der Waals surface area contributed by atoms with E-state index in [-0.39, 0.29) is 29.3 Å². The maximum Gasteiger partial charge on any atom is 0.251 e. The fourth-order valence-electron chi connectivity index (χ4n) is 3.47. The largest absolute Gasteiger partial charge is 0.349 e. The highest BCUT2D eigenvalue weighted by Gasteiger charge is 2.23. The van der Waals surface area contributed by atoms with Crippen molar-refractivity contribution in [2.75, 3.05) is 6.54 Å². The SMILES string of the molecule is C#CCNS(=O)(=O)c1ccc(C(=O)N[C@@H](C)C(c2ccccc2)c2ccccc2)cc1. The molecule has 31 heavy (non-hydrogen) atoms. The average Bonchev–Trinajstić information content (AvgIpc) is 2.79. The minimum Gasteiger partial charge on any atom is -0.349 e. The Morgan fingerprint density at radius 3 is 1.90 bits per heavy atom. The summed E-state index contributed by atoms with van der Waals surface area (Å²) in [4.78, 5) is 12.9. The van der Waals surface area contributed by atoms with Crippen molar-refractivity contribution >= 4 is 15.9 Å². The van der Waals surface area contributed by atoms with Crippen molar-refractivity contribution in [3.63, 3.8) is 0 Å². The van der Waals surface area contributed by atoms with Gasteiger partial charge in [0, 0.05) is 17.5 Å². The van der Waals surface area contributed by atoms with E-state index >= 15 is 0 Å². The lowest BCUT2D eigenvalue weighted by Gasteiger charge is -2.26. The van der Waals surface area contributed by atoms with Crippen LogP contribution in [0.5, 0.6) is 0 Å². The molecule has 158 valence electrons. The predicted octanol–water partition coefficient (Wildman–Crippen LogP) is 3.55. The molecule has 0 heterocycles. The van der Waals surface area contributed by atoms with Crippen LogP contribution in [0.15, 0.2) is 89.8 Å². The van der Waals surface area contributed by atoms with Crippen molar-refractivity contribution in [3.8, 4) is 12.3 Å². The lowest BCUT2D eigenvalue weighted by molar-refractivity contribution is 0.0937. The summed E-state index contributed by atoms with van der Waals surface area (Å²) in [5.41, 5.74) is 2.58. The van der Waals surface area contributed by atoms with Crippen LogP contribution in [0.3, 0.4) is 0 Å². The Morgan fingerprint density at radius 1 is 0.903 bits per heavy atom. The Bertz CT molecular complexity index is 1110. The molecule has 0 unspecified atom stereocenters. The second-order valence-electron chi connectivity index (χ2n) is 7.11. The van der Waals surface area contributed by atoms with Crippen LogP contribution in [-0.2, 0) is 10.0 Å². The van der Waals surface area contributed by atoms with Crippen molar-refractivity contribution in [1.29, 1.82) is 0 Å². The van der Waals surface area contributed by atoms with Crippen LogP contribution in [0, 0.1) is 12.3 Å². The minimum atomic E-state index is -3.70. The van der Waals surface area contributed by atoms with Gasteiger partial charge in [-0.1, -0.05) is 66.6 Å². The van der Waals surface area contributed by atoms with Crippen LogP contribution in [0.2, 0.25) is 0 Å². The molecule has 0 radical (unpaired) electrons. The van der Waals surface area contributed by atoms with Crippen molar-refractivity contribution in [3.05, 3.63) is 102 Å². The molecular weight excluding hydrogens is 408 g/mol. The number of amides is 1. The fourth-order valence-corrected chi connectivity index (χ4v) is 4.40. The highest BCUT2D eigenvalue weighted by molar-refractivity contribution is 7.89. The standard InChI is InChI=1S/C25H24N2O3S/c1-3-18-26-31(29,30)23-16-14-22(15-17-23)25(28)27-19(2)24(20-10-6-4-7-11-20)21-12-8-5-9-13-21/h1,4-17,19,24,26H,18H2,2H3,(H,27,28)/t19-/m0/s1. The topological polar surface area (TPSA) is 75.3 Å². The molecule has 0 spiro atoms. The molecule has 6 heteroatoms. The minimum absolute atomic E-state index is 0.0287. The molecule has 0 aliphatic heterocycles. The highest BCUT2D eigenvalue weighted by atomic mass is 32.2. The van der Waals surface area contributed by atoms with Crippen molar-refractivity contribution in [1.82, 2.24) is 10.0 Å². The molecule has 5 nitrogen and oxygen atoms in total. The number of hydrogen-bond acceptors (Lipinski definition) is 3. The van der Waals surface area contributed by atoms with Gasteiger partial charge in [-0.3, -0.25) is 4.79 Å². The van der Waals surface area contributed by atoms with Gasteiger partial charge in [-0.05, 0) is 42.3 Å². The summed E-state index contributed by atoms with van der Waals surface area (Å²) in [6, 6.07) is 25.6. The van der Waals surface area contributed by atoms with Gasteiger partial charge < -0.3 is 5.32 Å². The van der Waals surface area contributed by atoms with E-state index in [0.717, 1.165) is 11.1 Å². The van der Waals surface area contributed by atoms with Gasteiger partial charge in [-0.2, -0.15) is 4.72 Å². The van der Waals surface area contributed by atoms with Crippen LogP contribution in [0.1, 0.15) is 34.3 Å². The monoisotopic (exact) mass is 432 g/mol. The van der Waals surface area contributed by atoms with E-state index in [2.05, 4.69) is 16.0 Å². The molecule has 1 amide bonds. The molecule has 0 fully saturated rings. The van der Waals surface area contributed by atoms with Crippen molar-refractivity contribution in [2.24, 2.45) is 0 Å². The van der Waals surface area contributed by atoms with Crippen molar-refractivity contribution < 1.29 is 13.2 Å². The van der Waals surface area contributed by atoms with Gasteiger partial charge in [0.2, 0.25) is 10.0 Å². The summed E-state index contributed by atoms with van der Waals surface area (Å²) in [7, 11) is -3.70. The maximum atomic E-state index is 12.9. The van der Waals surface area contributed by atoms with Crippen LogP contribution in [-0.4, -0.2) is 26.9 Å². The first kappa shape index (κ1) is 22.3. The number of sulfonamides is 1. The molecule has 3 rings (SSSR count). The van der Waals surface area contributed by atoms with E-state index in [4.69, 9.17) is 6.42 Å². The Balaban J connectivity index is 1.79. The summed E-state index contributed by atoms with van der Waals surface area (Å²) >= 11 is 0. The van der Waals surface area contributed by atoms with E-state index in [0.29, 0.717) is 5.56 Å². The van der Waals surface area contributed by atoms with E-state index in [1.54, 1.807) is 0 Å². The van der Waals surface area contributed by atoms with Gasteiger partial charge in [-0.15, -0.1) is 6.42 Å². The number of rotatable bonds is 8. The normalized spacial score (nSPS) is 12.2. The Hall–Kier alpha value is -3.40. The van der Waals surface area contributed by atoms with E-state index < -0.39 is 10.0 Å². The first-order valence-corrected chi connectivity index (χ1v) is 11.3. The molecule has 0 aliphatic rings. The first-order valence-electron chi connectivity index (χ1n) is 9.86. The second-order valence-corrected chi connectivity index (χ2v) is 8.88. The third kappa shape index (κ3) is 5.60. The number of hydrogen-bond donors (Lipinski definition) is 2. The Morgan fingerprint density at radius 2 is 1.42 bits per heavy atom. The van der Waals surface area contributed by atoms with E-state index in [1.165, 1.54) is 24.3 Å². The molecule has 3 aromatic rings. The summed E-state index contributed by atoms with van der Waals surface area (Å²) in [5, 5.41) is 3.06. The van der Waals surface area contributed by atoms with Crippen LogP contribution < -0.4 is 10.0 Å². The van der Waals surface area contributed by atoms with Crippen LogP contribution in [0.25, 0.3) is 0 Å². The van der Waals surface area contributed by atoms with Crippen molar-refractivity contribution in [2.45, 2.75) is 23.8 Å². The summed E-state index contributed by atoms with van der Waals surface area (Å²) < 4.78 is 26.6. The lowest BCUT2D eigenvalue weighted by Crippen LogP contribution is -2.37. The summed E-state index contributed by atoms with van der Waals surface area (Å²) in [6.07, 6.45) is 5.10. The van der Waals surface area contributed by atoms with E-state index in [9.17, 15) is 13.2 Å². The van der Waals surface area contributed by atoms with Gasteiger partial charge in [0.15, 0.2) is 0 Å². The zero-order valence-electron chi connectivity index (χ0n) is 17.2. The van der Waals surface area contributed by atoms with Crippen LogP contribution >= 0.6 is 0 Å². The van der Waals surface area contributed by atoms with E-state index in [1.807, 2.05) is 67.6 Å². The summed E-state index contributed by atoms with van der Waals surface area (Å²) in [6.45, 7) is 1.87. The maximum absolute atomic E-state index is 12.9. The fraction of sp³-hybridized carbons (Fsp3) is 0.160. The third-order valence-corrected chi connectivity index (χ3v) is 6.38. The lowest BCUT2D eigenvalue weighted by atomic mass is 9.85. The van der Waals surface area contributed by atoms with Gasteiger partial charge in [0.1, 0.15) is 0 Å². The molecule has 2 N–H and O–H groups in total. The molecule has 0 aromatic heterocycles. The predicted molar refractivity (Wildman–Crippen MR) is 122 cm³/mol. The smallest absolute Gasteiger partial charge is 0.251 e. The third-order valence-electron chi connectivity index (χ3n) is 4.97. The molecule has 0 bridgehead atoms. The molecule has 0 saturated carbocycles. The van der Waals surface area contributed by atoms with Crippen LogP contribution in [0.4, 0.5) is 0 Å². The zero-order chi connectivity index (χ0) is 22.3. The number of nitrogens with one attached hydrogen (secondary N) is 2. The second kappa shape index (κ2) is 10.1. The van der Waals surface area contributed by atoms with Gasteiger partial charge >= 0.3 is 0 Å². The Labute approximate surface area is 183 Å².